The van der Waals surface area contributed by atoms with Crippen LogP contribution in [0.1, 0.15) is 10.4 Å². The van der Waals surface area contributed by atoms with E-state index in [4.69, 9.17) is 33.3 Å². The maximum Gasteiger partial charge on any atom is 0.258 e. The van der Waals surface area contributed by atoms with Crippen LogP contribution in [0.25, 0.3) is 0 Å². The minimum atomic E-state index is -0.812. The largest absolute Gasteiger partial charge is 0.495 e. The van der Waals surface area contributed by atoms with Gasteiger partial charge in [-0.25, -0.2) is 8.78 Å². The van der Waals surface area contributed by atoms with E-state index in [0.29, 0.717) is 33.6 Å². The minimum Gasteiger partial charge on any atom is -0.495 e. The molecule has 10 heteroatoms. The van der Waals surface area contributed by atoms with E-state index < -0.39 is 17.5 Å². The van der Waals surface area contributed by atoms with Gasteiger partial charge in [-0.3, -0.25) is 4.79 Å². The number of ether oxygens (including phenoxy) is 2. The van der Waals surface area contributed by atoms with E-state index >= 15 is 0 Å². The lowest BCUT2D eigenvalue weighted by atomic mass is 10.2. The Kier molecular flexibility index (Phi) is 7.45. The Morgan fingerprint density at radius 2 is 1.50 bits per heavy atom. The third kappa shape index (κ3) is 5.63. The monoisotopic (exact) mass is 477 g/mol. The molecule has 0 spiro atoms. The van der Waals surface area contributed by atoms with E-state index in [-0.39, 0.29) is 10.7 Å². The Labute approximate surface area is 193 Å². The van der Waals surface area contributed by atoms with Crippen molar-refractivity contribution in [1.29, 1.82) is 0 Å². The number of methoxy groups -OCH3 is 2. The normalized spacial score (nSPS) is 10.3. The summed E-state index contributed by atoms with van der Waals surface area (Å²) in [5.41, 5.74) is 1.17. The van der Waals surface area contributed by atoms with Gasteiger partial charge in [0.15, 0.2) is 5.11 Å². The van der Waals surface area contributed by atoms with Gasteiger partial charge in [0.05, 0.1) is 30.5 Å². The molecule has 0 saturated heterocycles. The van der Waals surface area contributed by atoms with Crippen molar-refractivity contribution in [2.24, 2.45) is 0 Å². The lowest BCUT2D eigenvalue weighted by Gasteiger charge is -2.15. The number of halogens is 3. The highest BCUT2D eigenvalue weighted by Gasteiger charge is 2.14. The number of carbonyl (C=O) groups is 1. The molecule has 166 valence electrons. The minimum absolute atomic E-state index is 0.267. The van der Waals surface area contributed by atoms with Crippen LogP contribution in [-0.4, -0.2) is 25.2 Å². The number of hydrogen-bond acceptors (Lipinski definition) is 4. The number of hydrogen-bond donors (Lipinski definition) is 3. The standard InChI is InChI=1S/C22H18ClF2N3O3S/c1-30-19-11-20(31-2)18(10-16(19)23)28-22(32)27-14-6-4-13(5-7-14)26-21(29)15-9-12(24)3-8-17(15)25/h3-11H,1-2H3,(H,26,29)(H2,27,28,32). The first-order valence-corrected chi connectivity index (χ1v) is 9.95. The van der Waals surface area contributed by atoms with E-state index in [0.717, 1.165) is 18.2 Å². The Morgan fingerprint density at radius 3 is 2.12 bits per heavy atom. The van der Waals surface area contributed by atoms with Gasteiger partial charge in [0.25, 0.3) is 5.91 Å². The predicted molar refractivity (Wildman–Crippen MR) is 125 cm³/mol. The molecule has 0 unspecified atom stereocenters. The summed E-state index contributed by atoms with van der Waals surface area (Å²) in [5, 5.41) is 9.14. The summed E-state index contributed by atoms with van der Waals surface area (Å²) < 4.78 is 37.5. The van der Waals surface area contributed by atoms with E-state index in [9.17, 15) is 13.6 Å². The number of benzene rings is 3. The van der Waals surface area contributed by atoms with Crippen molar-refractivity contribution in [3.8, 4) is 11.5 Å². The fourth-order valence-electron chi connectivity index (χ4n) is 2.75. The maximum atomic E-state index is 13.7. The molecule has 0 aliphatic heterocycles. The molecule has 0 radical (unpaired) electrons. The average Bonchev–Trinajstić information content (AvgIpc) is 2.77. The Balaban J connectivity index is 1.64. The van der Waals surface area contributed by atoms with Crippen molar-refractivity contribution < 1.29 is 23.0 Å². The molecule has 0 bridgehead atoms. The second-order valence-electron chi connectivity index (χ2n) is 6.42. The van der Waals surface area contributed by atoms with Crippen molar-refractivity contribution in [3.05, 3.63) is 76.8 Å². The molecular weight excluding hydrogens is 460 g/mol. The SMILES string of the molecule is COc1cc(OC)c(NC(=S)Nc2ccc(NC(=O)c3cc(F)ccc3F)cc2)cc1Cl. The molecule has 32 heavy (non-hydrogen) atoms. The van der Waals surface area contributed by atoms with Gasteiger partial charge < -0.3 is 25.4 Å². The summed E-state index contributed by atoms with van der Waals surface area (Å²) in [6, 6.07) is 12.4. The summed E-state index contributed by atoms with van der Waals surface area (Å²) >= 11 is 11.5. The topological polar surface area (TPSA) is 71.6 Å². The third-order valence-electron chi connectivity index (χ3n) is 4.30. The van der Waals surface area contributed by atoms with Gasteiger partial charge >= 0.3 is 0 Å². The first-order chi connectivity index (χ1) is 15.3. The molecule has 3 N–H and O–H groups in total. The van der Waals surface area contributed by atoms with Gasteiger partial charge in [-0.15, -0.1) is 0 Å². The Hall–Kier alpha value is -3.43. The average molecular weight is 478 g/mol. The van der Waals surface area contributed by atoms with Gasteiger partial charge in [-0.05, 0) is 60.7 Å². The van der Waals surface area contributed by atoms with E-state index in [1.807, 2.05) is 0 Å². The number of thiocarbonyl (C=S) groups is 1. The highest BCUT2D eigenvalue weighted by atomic mass is 35.5. The van der Waals surface area contributed by atoms with Crippen LogP contribution in [0, 0.1) is 11.6 Å². The lowest BCUT2D eigenvalue weighted by molar-refractivity contribution is 0.102. The summed E-state index contributed by atoms with van der Waals surface area (Å²) in [6.45, 7) is 0. The molecule has 0 saturated carbocycles. The van der Waals surface area contributed by atoms with Crippen molar-refractivity contribution >= 4 is 51.9 Å². The third-order valence-corrected chi connectivity index (χ3v) is 4.80. The fraction of sp³-hybridized carbons (Fsp3) is 0.0909. The first kappa shape index (κ1) is 23.2. The molecule has 0 heterocycles. The van der Waals surface area contributed by atoms with Crippen LogP contribution in [-0.2, 0) is 0 Å². The molecule has 0 atom stereocenters. The molecule has 0 aromatic heterocycles. The highest BCUT2D eigenvalue weighted by molar-refractivity contribution is 7.80. The van der Waals surface area contributed by atoms with Crippen LogP contribution >= 0.6 is 23.8 Å². The van der Waals surface area contributed by atoms with Crippen LogP contribution in [0.2, 0.25) is 5.02 Å². The van der Waals surface area contributed by atoms with Gasteiger partial charge in [0, 0.05) is 17.4 Å². The van der Waals surface area contributed by atoms with Gasteiger partial charge in [0.2, 0.25) is 0 Å². The van der Waals surface area contributed by atoms with E-state index in [1.54, 1.807) is 36.4 Å². The zero-order valence-corrected chi connectivity index (χ0v) is 18.5. The molecule has 3 aromatic carbocycles. The number of carbonyl (C=O) groups excluding carboxylic acids is 1. The predicted octanol–water partition coefficient (Wildman–Crippen LogP) is 5.70. The van der Waals surface area contributed by atoms with Crippen LogP contribution in [0.3, 0.4) is 0 Å². The molecule has 0 fully saturated rings. The number of rotatable bonds is 6. The van der Waals surface area contributed by atoms with Crippen molar-refractivity contribution in [1.82, 2.24) is 0 Å². The van der Waals surface area contributed by atoms with Crippen molar-refractivity contribution in [3.63, 3.8) is 0 Å². The van der Waals surface area contributed by atoms with Gasteiger partial charge in [-0.1, -0.05) is 11.6 Å². The first-order valence-electron chi connectivity index (χ1n) is 9.16. The van der Waals surface area contributed by atoms with Crippen molar-refractivity contribution in [2.45, 2.75) is 0 Å². The van der Waals surface area contributed by atoms with Crippen LogP contribution in [0.5, 0.6) is 11.5 Å². The summed E-state index contributed by atoms with van der Waals surface area (Å²) in [4.78, 5) is 12.2. The molecule has 3 aromatic rings. The summed E-state index contributed by atoms with van der Waals surface area (Å²) in [7, 11) is 3.01. The Morgan fingerprint density at radius 1 is 0.875 bits per heavy atom. The number of nitrogens with one attached hydrogen (secondary N) is 3. The van der Waals surface area contributed by atoms with Crippen molar-refractivity contribution in [2.75, 3.05) is 30.2 Å². The zero-order valence-electron chi connectivity index (χ0n) is 17.0. The summed E-state index contributed by atoms with van der Waals surface area (Å²) in [6.07, 6.45) is 0. The zero-order chi connectivity index (χ0) is 23.3. The van der Waals surface area contributed by atoms with Gasteiger partial charge in [0.1, 0.15) is 23.1 Å². The number of anilines is 3. The van der Waals surface area contributed by atoms with Gasteiger partial charge in [-0.2, -0.15) is 0 Å². The van der Waals surface area contributed by atoms with Crippen LogP contribution in [0.15, 0.2) is 54.6 Å². The highest BCUT2D eigenvalue weighted by Crippen LogP contribution is 2.36. The molecule has 1 amide bonds. The quantitative estimate of drug-likeness (QED) is 0.396. The molecule has 0 aliphatic carbocycles. The smallest absolute Gasteiger partial charge is 0.258 e. The van der Waals surface area contributed by atoms with Crippen LogP contribution in [0.4, 0.5) is 25.8 Å². The van der Waals surface area contributed by atoms with E-state index in [1.165, 1.54) is 14.2 Å². The lowest BCUT2D eigenvalue weighted by Crippen LogP contribution is -2.19. The van der Waals surface area contributed by atoms with E-state index in [2.05, 4.69) is 16.0 Å². The second-order valence-corrected chi connectivity index (χ2v) is 7.24. The number of amides is 1. The molecule has 6 nitrogen and oxygen atoms in total. The molecule has 3 rings (SSSR count). The fourth-order valence-corrected chi connectivity index (χ4v) is 3.22. The molecule has 0 aliphatic rings. The second kappa shape index (κ2) is 10.3. The maximum absolute atomic E-state index is 13.7. The summed E-state index contributed by atoms with van der Waals surface area (Å²) in [5.74, 6) is -1.33. The Bertz CT molecular complexity index is 1160. The van der Waals surface area contributed by atoms with Crippen LogP contribution < -0.4 is 25.4 Å². The molecular formula is C22H18ClF2N3O3S.